The summed E-state index contributed by atoms with van der Waals surface area (Å²) in [5.74, 6) is -0.871. The average Bonchev–Trinajstić information content (AvgIpc) is 2.56. The molecule has 0 aliphatic carbocycles. The van der Waals surface area contributed by atoms with Crippen molar-refractivity contribution in [2.75, 3.05) is 14.1 Å². The van der Waals surface area contributed by atoms with Crippen molar-refractivity contribution in [1.29, 1.82) is 0 Å². The minimum absolute atomic E-state index is 0.353. The van der Waals surface area contributed by atoms with E-state index in [1.54, 1.807) is 23.5 Å². The van der Waals surface area contributed by atoms with Crippen molar-refractivity contribution >= 4 is 27.4 Å². The molecule has 1 N–H and O–H groups in total. The molecule has 0 aliphatic rings. The average molecular weight is 235 g/mol. The summed E-state index contributed by atoms with van der Waals surface area (Å²) >= 11 is 1.65. The van der Waals surface area contributed by atoms with Gasteiger partial charge in [-0.1, -0.05) is 6.07 Å². The highest BCUT2D eigenvalue weighted by Gasteiger charge is 2.07. The zero-order valence-corrected chi connectivity index (χ0v) is 10.0. The lowest BCUT2D eigenvalue weighted by atomic mass is 10.2. The van der Waals surface area contributed by atoms with Gasteiger partial charge >= 0.3 is 5.97 Å². The third-order valence-electron chi connectivity index (χ3n) is 2.29. The van der Waals surface area contributed by atoms with Gasteiger partial charge in [0.15, 0.2) is 0 Å². The van der Waals surface area contributed by atoms with Crippen molar-refractivity contribution in [1.82, 2.24) is 4.90 Å². The van der Waals surface area contributed by atoms with Crippen molar-refractivity contribution in [2.24, 2.45) is 0 Å². The Bertz CT molecular complexity index is 531. The van der Waals surface area contributed by atoms with Crippen LogP contribution in [0.1, 0.15) is 15.2 Å². The van der Waals surface area contributed by atoms with Crippen LogP contribution in [0, 0.1) is 0 Å². The molecular weight excluding hydrogens is 222 g/mol. The normalized spacial score (nSPS) is 11.2. The molecule has 0 bridgehead atoms. The number of carboxylic acid groups (broad SMARTS) is 1. The van der Waals surface area contributed by atoms with Crippen molar-refractivity contribution in [3.8, 4) is 0 Å². The second-order valence-corrected chi connectivity index (χ2v) is 5.18. The maximum absolute atomic E-state index is 10.8. The minimum atomic E-state index is -0.871. The Balaban J connectivity index is 2.42. The largest absolute Gasteiger partial charge is 0.478 e. The summed E-state index contributed by atoms with van der Waals surface area (Å²) in [7, 11) is 4.04. The zero-order chi connectivity index (χ0) is 11.7. The Morgan fingerprint density at radius 2 is 2.12 bits per heavy atom. The predicted molar refractivity (Wildman–Crippen MR) is 66.2 cm³/mol. The molecule has 0 unspecified atom stereocenters. The molecule has 0 saturated heterocycles. The summed E-state index contributed by atoms with van der Waals surface area (Å²) in [5.41, 5.74) is 0.353. The SMILES string of the molecule is CN(C)Cc1cc2ccc(C(=O)O)cc2s1. The Morgan fingerprint density at radius 1 is 1.38 bits per heavy atom. The van der Waals surface area contributed by atoms with Crippen LogP contribution < -0.4 is 0 Å². The van der Waals surface area contributed by atoms with Crippen LogP contribution in [0.3, 0.4) is 0 Å². The van der Waals surface area contributed by atoms with Gasteiger partial charge in [-0.3, -0.25) is 0 Å². The fraction of sp³-hybridized carbons (Fsp3) is 0.250. The van der Waals surface area contributed by atoms with Gasteiger partial charge in [0, 0.05) is 16.1 Å². The molecule has 2 rings (SSSR count). The van der Waals surface area contributed by atoms with Gasteiger partial charge in [0.1, 0.15) is 0 Å². The number of aromatic carboxylic acids is 1. The standard InChI is InChI=1S/C12H13NO2S/c1-13(2)7-10-5-8-3-4-9(12(14)15)6-11(8)16-10/h3-6H,7H2,1-2H3,(H,14,15). The summed E-state index contributed by atoms with van der Waals surface area (Å²) in [6.45, 7) is 0.891. The van der Waals surface area contributed by atoms with Gasteiger partial charge in [-0.15, -0.1) is 11.3 Å². The Labute approximate surface area is 97.9 Å². The quantitative estimate of drug-likeness (QED) is 0.889. The van der Waals surface area contributed by atoms with Crippen LogP contribution in [0.25, 0.3) is 10.1 Å². The second-order valence-electron chi connectivity index (χ2n) is 4.01. The molecule has 0 atom stereocenters. The van der Waals surface area contributed by atoms with Crippen LogP contribution >= 0.6 is 11.3 Å². The first-order chi connectivity index (χ1) is 7.56. The van der Waals surface area contributed by atoms with E-state index < -0.39 is 5.97 Å². The number of nitrogens with zero attached hydrogens (tertiary/aromatic N) is 1. The Morgan fingerprint density at radius 3 is 2.75 bits per heavy atom. The molecule has 0 aliphatic heterocycles. The second kappa shape index (κ2) is 4.23. The van der Waals surface area contributed by atoms with Gasteiger partial charge in [-0.2, -0.15) is 0 Å². The lowest BCUT2D eigenvalue weighted by Crippen LogP contribution is -2.09. The summed E-state index contributed by atoms with van der Waals surface area (Å²) in [6, 6.07) is 7.37. The molecule has 1 aromatic carbocycles. The predicted octanol–water partition coefficient (Wildman–Crippen LogP) is 2.66. The van der Waals surface area contributed by atoms with Gasteiger partial charge in [-0.05, 0) is 37.7 Å². The third kappa shape index (κ3) is 2.23. The van der Waals surface area contributed by atoms with Gasteiger partial charge in [-0.25, -0.2) is 4.79 Å². The van der Waals surface area contributed by atoms with Crippen molar-refractivity contribution in [3.63, 3.8) is 0 Å². The van der Waals surface area contributed by atoms with Crippen LogP contribution in [0.4, 0.5) is 0 Å². The van der Waals surface area contributed by atoms with Gasteiger partial charge < -0.3 is 10.0 Å². The number of carboxylic acids is 1. The maximum atomic E-state index is 10.8. The highest BCUT2D eigenvalue weighted by Crippen LogP contribution is 2.27. The lowest BCUT2D eigenvalue weighted by Gasteiger charge is -2.05. The highest BCUT2D eigenvalue weighted by molar-refractivity contribution is 7.19. The van der Waals surface area contributed by atoms with E-state index in [2.05, 4.69) is 11.0 Å². The van der Waals surface area contributed by atoms with Crippen LogP contribution in [-0.4, -0.2) is 30.1 Å². The molecule has 16 heavy (non-hydrogen) atoms. The highest BCUT2D eigenvalue weighted by atomic mass is 32.1. The van der Waals surface area contributed by atoms with Gasteiger partial charge in [0.05, 0.1) is 5.56 Å². The molecule has 2 aromatic rings. The summed E-state index contributed by atoms with van der Waals surface area (Å²) in [6.07, 6.45) is 0. The fourth-order valence-corrected chi connectivity index (χ4v) is 2.83. The van der Waals surface area contributed by atoms with Crippen LogP contribution in [0.5, 0.6) is 0 Å². The number of hydrogen-bond acceptors (Lipinski definition) is 3. The number of rotatable bonds is 3. The van der Waals surface area contributed by atoms with Crippen molar-refractivity contribution in [2.45, 2.75) is 6.54 Å². The Kier molecular flexibility index (Phi) is 2.94. The smallest absolute Gasteiger partial charge is 0.335 e. The fourth-order valence-electron chi connectivity index (χ4n) is 1.61. The molecule has 0 spiro atoms. The number of hydrogen-bond donors (Lipinski definition) is 1. The molecule has 0 amide bonds. The molecule has 1 heterocycles. The number of fused-ring (bicyclic) bond motifs is 1. The van der Waals surface area contributed by atoms with E-state index >= 15 is 0 Å². The van der Waals surface area contributed by atoms with Crippen LogP contribution in [0.2, 0.25) is 0 Å². The maximum Gasteiger partial charge on any atom is 0.335 e. The van der Waals surface area contributed by atoms with E-state index in [1.165, 1.54) is 4.88 Å². The molecular formula is C12H13NO2S. The first kappa shape index (κ1) is 11.1. The van der Waals surface area contributed by atoms with E-state index in [0.717, 1.165) is 16.6 Å². The topological polar surface area (TPSA) is 40.5 Å². The molecule has 0 saturated carbocycles. The molecule has 84 valence electrons. The van der Waals surface area contributed by atoms with E-state index in [4.69, 9.17) is 5.11 Å². The molecule has 1 aromatic heterocycles. The van der Waals surface area contributed by atoms with Crippen LogP contribution in [-0.2, 0) is 6.54 Å². The monoisotopic (exact) mass is 235 g/mol. The summed E-state index contributed by atoms with van der Waals surface area (Å²) in [5, 5.41) is 10.0. The molecule has 0 fully saturated rings. The van der Waals surface area contributed by atoms with E-state index in [0.29, 0.717) is 5.56 Å². The first-order valence-corrected chi connectivity index (χ1v) is 5.78. The summed E-state index contributed by atoms with van der Waals surface area (Å²) in [4.78, 5) is 14.2. The molecule has 0 radical (unpaired) electrons. The third-order valence-corrected chi connectivity index (χ3v) is 3.37. The number of thiophene rings is 1. The van der Waals surface area contributed by atoms with Gasteiger partial charge in [0.2, 0.25) is 0 Å². The molecule has 3 nitrogen and oxygen atoms in total. The lowest BCUT2D eigenvalue weighted by molar-refractivity contribution is 0.0697. The van der Waals surface area contributed by atoms with Crippen molar-refractivity contribution in [3.05, 3.63) is 34.7 Å². The van der Waals surface area contributed by atoms with Crippen LogP contribution in [0.15, 0.2) is 24.3 Å². The van der Waals surface area contributed by atoms with E-state index in [1.807, 2.05) is 20.2 Å². The number of benzene rings is 1. The van der Waals surface area contributed by atoms with Crippen molar-refractivity contribution < 1.29 is 9.90 Å². The van der Waals surface area contributed by atoms with E-state index in [9.17, 15) is 4.79 Å². The zero-order valence-electron chi connectivity index (χ0n) is 9.23. The van der Waals surface area contributed by atoms with Gasteiger partial charge in [0.25, 0.3) is 0 Å². The molecule has 4 heteroatoms. The minimum Gasteiger partial charge on any atom is -0.478 e. The van der Waals surface area contributed by atoms with E-state index in [-0.39, 0.29) is 0 Å². The number of carbonyl (C=O) groups is 1. The first-order valence-electron chi connectivity index (χ1n) is 4.97. The Hall–Kier alpha value is -1.39. The summed E-state index contributed by atoms with van der Waals surface area (Å²) < 4.78 is 1.04.